The second-order valence-corrected chi connectivity index (χ2v) is 7.79. The lowest BCUT2D eigenvalue weighted by atomic mass is 10.4. The second-order valence-electron chi connectivity index (χ2n) is 3.31. The zero-order valence-corrected chi connectivity index (χ0v) is 13.2. The van der Waals surface area contributed by atoms with Crippen LogP contribution in [-0.4, -0.2) is 39.7 Å². The molecule has 3 nitrogen and oxygen atoms in total. The first-order valence-corrected chi connectivity index (χ1v) is 9.65. The second kappa shape index (κ2) is 8.66. The van der Waals surface area contributed by atoms with Crippen LogP contribution >= 0.6 is 0 Å². The first-order valence-electron chi connectivity index (χ1n) is 5.31. The summed E-state index contributed by atoms with van der Waals surface area (Å²) in [4.78, 5) is 0. The summed E-state index contributed by atoms with van der Waals surface area (Å²) in [6, 6.07) is 10.7. The monoisotopic (exact) mass is 258 g/mol. The minimum Gasteiger partial charge on any atom is -0.377 e. The van der Waals surface area contributed by atoms with Crippen molar-refractivity contribution in [2.75, 3.05) is 21.3 Å². The van der Waals surface area contributed by atoms with E-state index in [1.165, 1.54) is 0 Å². The first kappa shape index (κ1) is 15.5. The Morgan fingerprint density at radius 2 is 1.38 bits per heavy atom. The average Bonchev–Trinajstić information content (AvgIpc) is 2.39. The van der Waals surface area contributed by atoms with E-state index in [1.807, 2.05) is 6.55 Å². The van der Waals surface area contributed by atoms with Gasteiger partial charge in [0.2, 0.25) is 0 Å². The van der Waals surface area contributed by atoms with Crippen LogP contribution in [-0.2, 0) is 13.3 Å². The molecule has 0 bridgehead atoms. The van der Waals surface area contributed by atoms with Crippen LogP contribution in [0.2, 0.25) is 13.1 Å². The van der Waals surface area contributed by atoms with Gasteiger partial charge in [0.15, 0.2) is 0 Å². The van der Waals surface area contributed by atoms with Crippen LogP contribution in [0.25, 0.3) is 0 Å². The van der Waals surface area contributed by atoms with Gasteiger partial charge >= 0.3 is 8.80 Å². The van der Waals surface area contributed by atoms with Crippen molar-refractivity contribution in [2.45, 2.75) is 13.1 Å². The lowest BCUT2D eigenvalue weighted by Gasteiger charge is -2.18. The molecule has 0 saturated carbocycles. The summed E-state index contributed by atoms with van der Waals surface area (Å²) in [5, 5.41) is 1.55. The molecule has 0 aliphatic carbocycles. The third-order valence-electron chi connectivity index (χ3n) is 2.36. The predicted octanol–water partition coefficient (Wildman–Crippen LogP) is 1.02. The summed E-state index contributed by atoms with van der Waals surface area (Å²) in [6.07, 6.45) is 0. The average molecular weight is 258 g/mol. The molecule has 0 fully saturated rings. The molecule has 16 heavy (non-hydrogen) atoms. The van der Waals surface area contributed by atoms with Gasteiger partial charge in [0, 0.05) is 27.9 Å². The highest BCUT2D eigenvalue weighted by atomic mass is 28.4. The van der Waals surface area contributed by atoms with Crippen LogP contribution in [0.4, 0.5) is 0 Å². The Bertz CT molecular complexity index is 255. The fourth-order valence-corrected chi connectivity index (χ4v) is 2.21. The van der Waals surface area contributed by atoms with Gasteiger partial charge in [-0.25, -0.2) is 0 Å². The first-order chi connectivity index (χ1) is 7.61. The zero-order chi connectivity index (χ0) is 12.4. The van der Waals surface area contributed by atoms with E-state index < -0.39 is 8.80 Å². The van der Waals surface area contributed by atoms with Crippen molar-refractivity contribution in [3.63, 3.8) is 0 Å². The molecule has 0 aromatic heterocycles. The molecule has 0 spiro atoms. The summed E-state index contributed by atoms with van der Waals surface area (Å²) in [5.41, 5.74) is 0. The molecule has 0 atom stereocenters. The van der Waals surface area contributed by atoms with E-state index >= 15 is 0 Å². The van der Waals surface area contributed by atoms with Gasteiger partial charge in [-0.05, 0) is 0 Å². The normalized spacial score (nSPS) is 11.3. The van der Waals surface area contributed by atoms with Crippen molar-refractivity contribution in [1.29, 1.82) is 0 Å². The van der Waals surface area contributed by atoms with Crippen LogP contribution in [0.1, 0.15) is 0 Å². The van der Waals surface area contributed by atoms with Crippen LogP contribution in [0, 0.1) is 0 Å². The molecule has 0 unspecified atom stereocenters. The molecule has 1 aromatic carbocycles. The van der Waals surface area contributed by atoms with E-state index in [9.17, 15) is 0 Å². The zero-order valence-electron chi connectivity index (χ0n) is 10.8. The fraction of sp³-hybridized carbons (Fsp3) is 0.455. The van der Waals surface area contributed by atoms with Crippen LogP contribution in [0.3, 0.4) is 0 Å². The predicted molar refractivity (Wildman–Crippen MR) is 73.1 cm³/mol. The molecule has 0 heterocycles. The van der Waals surface area contributed by atoms with E-state index in [1.54, 1.807) is 26.5 Å². The van der Waals surface area contributed by atoms with Gasteiger partial charge in [-0.3, -0.25) is 0 Å². The van der Waals surface area contributed by atoms with E-state index in [4.69, 9.17) is 13.3 Å². The third kappa shape index (κ3) is 6.19. The van der Waals surface area contributed by atoms with Crippen molar-refractivity contribution in [2.24, 2.45) is 0 Å². The van der Waals surface area contributed by atoms with Crippen molar-refractivity contribution >= 4 is 23.5 Å². The van der Waals surface area contributed by atoms with Gasteiger partial charge < -0.3 is 13.3 Å². The van der Waals surface area contributed by atoms with Crippen LogP contribution in [0.15, 0.2) is 30.3 Å². The smallest absolute Gasteiger partial charge is 0.377 e. The van der Waals surface area contributed by atoms with Crippen LogP contribution in [0.5, 0.6) is 0 Å². The molecule has 0 radical (unpaired) electrons. The third-order valence-corrected chi connectivity index (χ3v) is 5.88. The highest BCUT2D eigenvalue weighted by Gasteiger charge is 2.29. The number of hydrogen-bond acceptors (Lipinski definition) is 3. The number of hydrogen-bond donors (Lipinski definition) is 0. The van der Waals surface area contributed by atoms with Crippen molar-refractivity contribution in [3.05, 3.63) is 30.3 Å². The Morgan fingerprint density at radius 3 is 1.56 bits per heavy atom. The largest absolute Gasteiger partial charge is 0.496 e. The molecule has 1 rings (SSSR count). The topological polar surface area (TPSA) is 27.7 Å². The Balaban J connectivity index is 0.000000281. The lowest BCUT2D eigenvalue weighted by molar-refractivity contribution is 0.132. The van der Waals surface area contributed by atoms with E-state index in [0.29, 0.717) is 0 Å². The Hall–Kier alpha value is -0.466. The van der Waals surface area contributed by atoms with Crippen LogP contribution < -0.4 is 5.19 Å². The molecular formula is C11H22O3Si2. The van der Waals surface area contributed by atoms with Gasteiger partial charge in [-0.15, -0.1) is 0 Å². The maximum atomic E-state index is 4.93. The summed E-state index contributed by atoms with van der Waals surface area (Å²) in [5.74, 6) is 0. The molecule has 0 saturated heterocycles. The van der Waals surface area contributed by atoms with E-state index in [2.05, 4.69) is 36.9 Å². The van der Waals surface area contributed by atoms with E-state index in [-0.39, 0.29) is 9.52 Å². The minimum atomic E-state index is -2.17. The summed E-state index contributed by atoms with van der Waals surface area (Å²) >= 11 is 0. The fourth-order valence-electron chi connectivity index (χ4n) is 0.964. The Morgan fingerprint density at radius 1 is 0.938 bits per heavy atom. The van der Waals surface area contributed by atoms with Gasteiger partial charge in [-0.2, -0.15) is 0 Å². The van der Waals surface area contributed by atoms with Crippen molar-refractivity contribution in [1.82, 2.24) is 0 Å². The van der Waals surface area contributed by atoms with Gasteiger partial charge in [0.25, 0.3) is 0 Å². The maximum Gasteiger partial charge on any atom is 0.496 e. The highest BCUT2D eigenvalue weighted by molar-refractivity contribution is 6.58. The van der Waals surface area contributed by atoms with Gasteiger partial charge in [-0.1, -0.05) is 42.1 Å². The summed E-state index contributed by atoms with van der Waals surface area (Å²) in [6.45, 7) is 4.13. The SMILES string of the molecule is CO[Si](C)(OC)OC.C[SiH2]c1ccccc1. The quantitative estimate of drug-likeness (QED) is 0.755. The molecule has 0 aliphatic rings. The van der Waals surface area contributed by atoms with Gasteiger partial charge in [0.1, 0.15) is 0 Å². The standard InChI is InChI=1S/C7H10Si.C4H12O3Si/c1-8-7-5-3-2-4-6-7;1-5-8(4,6-2)7-3/h2-6H,8H2,1H3;1-4H3. The number of benzene rings is 1. The molecule has 0 aliphatic heterocycles. The molecule has 1 aromatic rings. The molecule has 92 valence electrons. The van der Waals surface area contributed by atoms with Crippen molar-refractivity contribution in [3.8, 4) is 0 Å². The number of rotatable bonds is 4. The lowest BCUT2D eigenvalue weighted by Crippen LogP contribution is -2.38. The minimum absolute atomic E-state index is 0.0913. The summed E-state index contributed by atoms with van der Waals surface area (Å²) in [7, 11) is 2.67. The van der Waals surface area contributed by atoms with Crippen molar-refractivity contribution < 1.29 is 13.3 Å². The highest BCUT2D eigenvalue weighted by Crippen LogP contribution is 2.02. The summed E-state index contributed by atoms with van der Waals surface area (Å²) < 4.78 is 14.8. The molecule has 0 amide bonds. The molecule has 0 N–H and O–H groups in total. The molecule has 5 heteroatoms. The van der Waals surface area contributed by atoms with Gasteiger partial charge in [0.05, 0.1) is 9.52 Å². The van der Waals surface area contributed by atoms with E-state index in [0.717, 1.165) is 0 Å². The Kier molecular flexibility index (Phi) is 8.41. The molecular weight excluding hydrogens is 236 g/mol. The Labute approximate surface area is 102 Å². The maximum absolute atomic E-state index is 4.93.